The summed E-state index contributed by atoms with van der Waals surface area (Å²) in [6, 6.07) is 0.330. The Morgan fingerprint density at radius 1 is 1.37 bits per heavy atom. The van der Waals surface area contributed by atoms with Crippen LogP contribution in [0.5, 0.6) is 0 Å². The minimum Gasteiger partial charge on any atom is -0.270 e. The molecule has 4 nitrogen and oxygen atoms in total. The van der Waals surface area contributed by atoms with Crippen molar-refractivity contribution in [3.8, 4) is 11.4 Å². The smallest absolute Gasteiger partial charge is 0.164 e. The molecule has 1 aliphatic rings. The molecule has 2 aromatic heterocycles. The van der Waals surface area contributed by atoms with E-state index in [2.05, 4.69) is 51.5 Å². The van der Waals surface area contributed by atoms with Gasteiger partial charge in [-0.3, -0.25) is 4.68 Å². The summed E-state index contributed by atoms with van der Waals surface area (Å²) in [5.74, 6) is 1.24. The van der Waals surface area contributed by atoms with Crippen molar-refractivity contribution in [2.75, 3.05) is 0 Å². The fourth-order valence-electron chi connectivity index (χ4n) is 1.93. The first-order chi connectivity index (χ1) is 9.06. The molecule has 0 bridgehead atoms. The Morgan fingerprint density at radius 2 is 2.11 bits per heavy atom. The first-order valence-electron chi connectivity index (χ1n) is 6.33. The second-order valence-electron chi connectivity index (χ2n) is 5.11. The van der Waals surface area contributed by atoms with Gasteiger partial charge in [0.1, 0.15) is 5.15 Å². The van der Waals surface area contributed by atoms with Crippen LogP contribution in [0.15, 0.2) is 12.4 Å². The van der Waals surface area contributed by atoms with Gasteiger partial charge in [0.05, 0.1) is 21.0 Å². The molecule has 0 saturated heterocycles. The molecule has 1 saturated carbocycles. The van der Waals surface area contributed by atoms with Gasteiger partial charge in [0, 0.05) is 18.2 Å². The molecule has 2 heterocycles. The summed E-state index contributed by atoms with van der Waals surface area (Å²) in [7, 11) is 0. The minimum absolute atomic E-state index is 0.330. The van der Waals surface area contributed by atoms with Crippen LogP contribution < -0.4 is 0 Å². The molecule has 0 N–H and O–H groups in total. The van der Waals surface area contributed by atoms with Crippen LogP contribution in [-0.4, -0.2) is 19.7 Å². The summed E-state index contributed by atoms with van der Waals surface area (Å²) in [5.41, 5.74) is 2.02. The Bertz CT molecular complexity index is 619. The van der Waals surface area contributed by atoms with Crippen LogP contribution in [0, 0.1) is 3.57 Å². The van der Waals surface area contributed by atoms with Crippen molar-refractivity contribution < 1.29 is 0 Å². The van der Waals surface area contributed by atoms with Crippen LogP contribution in [0.3, 0.4) is 0 Å². The van der Waals surface area contributed by atoms with Crippen LogP contribution in [0.25, 0.3) is 11.4 Å². The normalized spacial score (nSPS) is 15.2. The molecule has 1 fully saturated rings. The van der Waals surface area contributed by atoms with Gasteiger partial charge in [0.15, 0.2) is 5.82 Å². The molecule has 0 aliphatic heterocycles. The average molecular weight is 389 g/mol. The van der Waals surface area contributed by atoms with Crippen molar-refractivity contribution in [1.82, 2.24) is 19.7 Å². The van der Waals surface area contributed by atoms with E-state index in [1.807, 2.05) is 10.9 Å². The van der Waals surface area contributed by atoms with Crippen LogP contribution in [0.1, 0.15) is 44.3 Å². The summed E-state index contributed by atoms with van der Waals surface area (Å²) in [6.45, 7) is 4.18. The predicted octanol–water partition coefficient (Wildman–Crippen LogP) is 4.06. The zero-order valence-electron chi connectivity index (χ0n) is 10.8. The molecule has 0 amide bonds. The number of rotatable bonds is 3. The van der Waals surface area contributed by atoms with Crippen LogP contribution in [0.2, 0.25) is 5.15 Å². The van der Waals surface area contributed by atoms with Gasteiger partial charge in [-0.15, -0.1) is 0 Å². The Kier molecular flexibility index (Phi) is 3.51. The van der Waals surface area contributed by atoms with Crippen molar-refractivity contribution in [1.29, 1.82) is 0 Å². The highest BCUT2D eigenvalue weighted by molar-refractivity contribution is 14.1. The molecule has 100 valence electrons. The SMILES string of the molecule is CC(C)n1cc(-c2nc(Cl)c(I)c(C3CC3)n2)cn1. The molecule has 0 aromatic carbocycles. The minimum atomic E-state index is 0.330. The van der Waals surface area contributed by atoms with Gasteiger partial charge in [-0.2, -0.15) is 5.10 Å². The van der Waals surface area contributed by atoms with Gasteiger partial charge >= 0.3 is 0 Å². The first-order valence-corrected chi connectivity index (χ1v) is 7.79. The zero-order valence-corrected chi connectivity index (χ0v) is 13.7. The number of aromatic nitrogens is 4. The van der Waals surface area contributed by atoms with E-state index in [1.165, 1.54) is 12.8 Å². The average Bonchev–Trinajstić information content (AvgIpc) is 3.08. The van der Waals surface area contributed by atoms with E-state index in [0.29, 0.717) is 22.9 Å². The standard InChI is InChI=1S/C13H14ClIN4/c1-7(2)19-6-9(5-16-19)13-17-11(8-3-4-8)10(15)12(14)18-13/h5-8H,3-4H2,1-2H3. The van der Waals surface area contributed by atoms with Crippen LogP contribution in [-0.2, 0) is 0 Å². The molecule has 0 radical (unpaired) electrons. The van der Waals surface area contributed by atoms with Crippen molar-refractivity contribution in [2.24, 2.45) is 0 Å². The van der Waals surface area contributed by atoms with Crippen molar-refractivity contribution in [3.05, 3.63) is 26.8 Å². The van der Waals surface area contributed by atoms with E-state index < -0.39 is 0 Å². The molecule has 0 unspecified atom stereocenters. The lowest BCUT2D eigenvalue weighted by atomic mass is 10.2. The fourth-order valence-corrected chi connectivity index (χ4v) is 2.79. The number of halogens is 2. The maximum Gasteiger partial charge on any atom is 0.164 e. The Hall–Kier alpha value is -0.690. The van der Waals surface area contributed by atoms with E-state index in [4.69, 9.17) is 11.6 Å². The predicted molar refractivity (Wildman–Crippen MR) is 83.3 cm³/mol. The van der Waals surface area contributed by atoms with E-state index in [1.54, 1.807) is 6.20 Å². The molecular weight excluding hydrogens is 375 g/mol. The van der Waals surface area contributed by atoms with Gasteiger partial charge in [-0.1, -0.05) is 11.6 Å². The van der Waals surface area contributed by atoms with Crippen molar-refractivity contribution >= 4 is 34.2 Å². The lowest BCUT2D eigenvalue weighted by Crippen LogP contribution is -2.00. The van der Waals surface area contributed by atoms with Crippen molar-refractivity contribution in [2.45, 2.75) is 38.6 Å². The second kappa shape index (κ2) is 5.01. The third kappa shape index (κ3) is 2.63. The molecule has 0 atom stereocenters. The van der Waals surface area contributed by atoms with E-state index >= 15 is 0 Å². The van der Waals surface area contributed by atoms with E-state index in [0.717, 1.165) is 14.8 Å². The zero-order chi connectivity index (χ0) is 13.6. The molecule has 1 aliphatic carbocycles. The van der Waals surface area contributed by atoms with Crippen LogP contribution >= 0.6 is 34.2 Å². The monoisotopic (exact) mass is 388 g/mol. The van der Waals surface area contributed by atoms with Crippen molar-refractivity contribution in [3.63, 3.8) is 0 Å². The molecular formula is C13H14ClIN4. The third-order valence-corrected chi connectivity index (χ3v) is 4.85. The third-order valence-electron chi connectivity index (χ3n) is 3.19. The summed E-state index contributed by atoms with van der Waals surface area (Å²) in [6.07, 6.45) is 6.18. The van der Waals surface area contributed by atoms with E-state index in [-0.39, 0.29) is 0 Å². The molecule has 3 rings (SSSR count). The Labute approximate surface area is 130 Å². The molecule has 2 aromatic rings. The summed E-state index contributed by atoms with van der Waals surface area (Å²) < 4.78 is 2.89. The van der Waals surface area contributed by atoms with Gasteiger partial charge in [-0.25, -0.2) is 9.97 Å². The molecule has 6 heteroatoms. The summed E-state index contributed by atoms with van der Waals surface area (Å²) in [4.78, 5) is 9.06. The van der Waals surface area contributed by atoms with Gasteiger partial charge < -0.3 is 0 Å². The quantitative estimate of drug-likeness (QED) is 0.588. The maximum absolute atomic E-state index is 6.22. The lowest BCUT2D eigenvalue weighted by Gasteiger charge is -2.06. The summed E-state index contributed by atoms with van der Waals surface area (Å²) in [5, 5.41) is 4.87. The van der Waals surface area contributed by atoms with Crippen LogP contribution in [0.4, 0.5) is 0 Å². The number of nitrogens with zero attached hydrogens (tertiary/aromatic N) is 4. The first kappa shape index (κ1) is 13.3. The topological polar surface area (TPSA) is 43.6 Å². The fraction of sp³-hybridized carbons (Fsp3) is 0.462. The molecule has 0 spiro atoms. The summed E-state index contributed by atoms with van der Waals surface area (Å²) >= 11 is 8.46. The largest absolute Gasteiger partial charge is 0.270 e. The lowest BCUT2D eigenvalue weighted by molar-refractivity contribution is 0.532. The van der Waals surface area contributed by atoms with Gasteiger partial charge in [0.25, 0.3) is 0 Å². The van der Waals surface area contributed by atoms with E-state index in [9.17, 15) is 0 Å². The highest BCUT2D eigenvalue weighted by atomic mass is 127. The highest BCUT2D eigenvalue weighted by Crippen LogP contribution is 2.42. The number of hydrogen-bond acceptors (Lipinski definition) is 3. The highest BCUT2D eigenvalue weighted by Gasteiger charge is 2.29. The number of hydrogen-bond donors (Lipinski definition) is 0. The second-order valence-corrected chi connectivity index (χ2v) is 6.55. The Balaban J connectivity index is 2.04. The van der Waals surface area contributed by atoms with Gasteiger partial charge in [-0.05, 0) is 49.3 Å². The van der Waals surface area contributed by atoms with Gasteiger partial charge in [0.2, 0.25) is 0 Å². The Morgan fingerprint density at radius 3 is 2.68 bits per heavy atom. The maximum atomic E-state index is 6.22. The molecule has 19 heavy (non-hydrogen) atoms.